The predicted octanol–water partition coefficient (Wildman–Crippen LogP) is 1.85. The molecule has 2 rings (SSSR count). The number of halogens is 1. The molecule has 6 nitrogen and oxygen atoms in total. The van der Waals surface area contributed by atoms with Gasteiger partial charge in [0.1, 0.15) is 5.02 Å². The Morgan fingerprint density at radius 1 is 1.58 bits per heavy atom. The number of aliphatic hydroxyl groups is 1. The molecule has 1 aliphatic heterocycles. The first kappa shape index (κ1) is 13.8. The third-order valence-corrected chi connectivity index (χ3v) is 3.54. The summed E-state index contributed by atoms with van der Waals surface area (Å²) in [7, 11) is 0. The molecule has 1 aromatic rings. The summed E-state index contributed by atoms with van der Waals surface area (Å²) in [4.78, 5) is 23.9. The minimum atomic E-state index is -0.594. The van der Waals surface area contributed by atoms with Crippen molar-refractivity contribution >= 4 is 23.2 Å². The number of hydrogen-bond acceptors (Lipinski definition) is 4. The van der Waals surface area contributed by atoms with Crippen LogP contribution in [0.5, 0.6) is 0 Å². The van der Waals surface area contributed by atoms with Crippen LogP contribution in [0.15, 0.2) is 18.2 Å². The molecule has 0 aliphatic carbocycles. The summed E-state index contributed by atoms with van der Waals surface area (Å²) in [6.07, 6.45) is 1.61. The van der Waals surface area contributed by atoms with E-state index >= 15 is 0 Å². The van der Waals surface area contributed by atoms with Crippen LogP contribution in [0, 0.1) is 10.1 Å². The normalized spacial score (nSPS) is 18.6. The zero-order valence-electron chi connectivity index (χ0n) is 10.1. The third kappa shape index (κ3) is 2.69. The number of nitro benzene ring substituents is 1. The monoisotopic (exact) mass is 284 g/mol. The summed E-state index contributed by atoms with van der Waals surface area (Å²) < 4.78 is 0. The second-order valence-electron chi connectivity index (χ2n) is 4.40. The SMILES string of the molecule is O=C(c1ccc([N+](=O)[O-])c(Cl)c1)N1CCC[C@@H]1CO. The van der Waals surface area contributed by atoms with Crippen molar-refractivity contribution in [3.63, 3.8) is 0 Å². The zero-order valence-corrected chi connectivity index (χ0v) is 10.8. The van der Waals surface area contributed by atoms with E-state index in [1.165, 1.54) is 18.2 Å². The standard InChI is InChI=1S/C12H13ClN2O4/c13-10-6-8(3-4-11(10)15(18)19)12(17)14-5-1-2-9(14)7-16/h3-4,6,9,16H,1-2,5,7H2/t9-/m1/s1. The molecule has 0 bridgehead atoms. The summed E-state index contributed by atoms with van der Waals surface area (Å²) in [6, 6.07) is 3.73. The maximum Gasteiger partial charge on any atom is 0.287 e. The Morgan fingerprint density at radius 3 is 2.89 bits per heavy atom. The van der Waals surface area contributed by atoms with Crippen LogP contribution >= 0.6 is 11.6 Å². The Morgan fingerprint density at radius 2 is 2.32 bits per heavy atom. The van der Waals surface area contributed by atoms with Gasteiger partial charge in [-0.3, -0.25) is 14.9 Å². The van der Waals surface area contributed by atoms with Crippen molar-refractivity contribution in [2.24, 2.45) is 0 Å². The van der Waals surface area contributed by atoms with Crippen LogP contribution < -0.4 is 0 Å². The van der Waals surface area contributed by atoms with Crippen LogP contribution in [0.3, 0.4) is 0 Å². The molecule has 0 unspecified atom stereocenters. The molecule has 1 aromatic carbocycles. The number of nitro groups is 1. The number of benzene rings is 1. The van der Waals surface area contributed by atoms with E-state index in [-0.39, 0.29) is 29.3 Å². The molecule has 1 amide bonds. The highest BCUT2D eigenvalue weighted by Crippen LogP contribution is 2.27. The first-order valence-corrected chi connectivity index (χ1v) is 6.28. The zero-order chi connectivity index (χ0) is 14.0. The maximum atomic E-state index is 12.2. The molecule has 0 radical (unpaired) electrons. The molecule has 1 heterocycles. The van der Waals surface area contributed by atoms with Gasteiger partial charge in [0.2, 0.25) is 0 Å². The Labute approximate surface area is 114 Å². The molecule has 1 atom stereocenters. The van der Waals surface area contributed by atoms with Gasteiger partial charge in [-0.25, -0.2) is 0 Å². The van der Waals surface area contributed by atoms with Crippen LogP contribution in [-0.2, 0) is 0 Å². The lowest BCUT2D eigenvalue weighted by molar-refractivity contribution is -0.384. The fourth-order valence-electron chi connectivity index (χ4n) is 2.25. The van der Waals surface area contributed by atoms with E-state index < -0.39 is 4.92 Å². The number of carbonyl (C=O) groups excluding carboxylic acids is 1. The molecule has 0 aromatic heterocycles. The highest BCUT2D eigenvalue weighted by molar-refractivity contribution is 6.33. The summed E-state index contributed by atoms with van der Waals surface area (Å²) >= 11 is 5.78. The summed E-state index contributed by atoms with van der Waals surface area (Å²) in [5.74, 6) is -0.256. The van der Waals surface area contributed by atoms with Crippen LogP contribution in [0.25, 0.3) is 0 Å². The third-order valence-electron chi connectivity index (χ3n) is 3.24. The van der Waals surface area contributed by atoms with Crippen molar-refractivity contribution in [1.29, 1.82) is 0 Å². The van der Waals surface area contributed by atoms with Gasteiger partial charge >= 0.3 is 0 Å². The Kier molecular flexibility index (Phi) is 4.01. The number of aliphatic hydroxyl groups excluding tert-OH is 1. The van der Waals surface area contributed by atoms with Gasteiger partial charge in [-0.05, 0) is 25.0 Å². The minimum Gasteiger partial charge on any atom is -0.394 e. The average molecular weight is 285 g/mol. The van der Waals surface area contributed by atoms with E-state index in [1.54, 1.807) is 4.90 Å². The van der Waals surface area contributed by atoms with E-state index in [0.29, 0.717) is 12.1 Å². The molecular weight excluding hydrogens is 272 g/mol. The molecule has 102 valence electrons. The van der Waals surface area contributed by atoms with Gasteiger partial charge in [0.15, 0.2) is 0 Å². The largest absolute Gasteiger partial charge is 0.394 e. The highest BCUT2D eigenvalue weighted by Gasteiger charge is 2.29. The van der Waals surface area contributed by atoms with Crippen LogP contribution in [0.1, 0.15) is 23.2 Å². The molecule has 19 heavy (non-hydrogen) atoms. The van der Waals surface area contributed by atoms with Gasteiger partial charge < -0.3 is 10.0 Å². The average Bonchev–Trinajstić information content (AvgIpc) is 2.85. The van der Waals surface area contributed by atoms with Crippen LogP contribution in [-0.4, -0.2) is 40.0 Å². The molecular formula is C12H13ClN2O4. The molecule has 7 heteroatoms. The fraction of sp³-hybridized carbons (Fsp3) is 0.417. The quantitative estimate of drug-likeness (QED) is 0.678. The van der Waals surface area contributed by atoms with Gasteiger partial charge in [0, 0.05) is 18.2 Å². The highest BCUT2D eigenvalue weighted by atomic mass is 35.5. The summed E-state index contributed by atoms with van der Waals surface area (Å²) in [6.45, 7) is 0.505. The Bertz CT molecular complexity index is 520. The van der Waals surface area contributed by atoms with Crippen molar-refractivity contribution in [2.45, 2.75) is 18.9 Å². The molecule has 1 fully saturated rings. The second-order valence-corrected chi connectivity index (χ2v) is 4.81. The lowest BCUT2D eigenvalue weighted by Gasteiger charge is -2.23. The van der Waals surface area contributed by atoms with Crippen molar-refractivity contribution in [1.82, 2.24) is 4.90 Å². The maximum absolute atomic E-state index is 12.2. The Balaban J connectivity index is 2.25. The number of carbonyl (C=O) groups is 1. The van der Waals surface area contributed by atoms with Gasteiger partial charge in [-0.2, -0.15) is 0 Å². The van der Waals surface area contributed by atoms with E-state index in [0.717, 1.165) is 12.8 Å². The molecule has 0 spiro atoms. The molecule has 1 aliphatic rings. The fourth-order valence-corrected chi connectivity index (χ4v) is 2.50. The van der Waals surface area contributed by atoms with Gasteiger partial charge in [0.25, 0.3) is 11.6 Å². The predicted molar refractivity (Wildman–Crippen MR) is 69.3 cm³/mol. The number of likely N-dealkylation sites (tertiary alicyclic amines) is 1. The van der Waals surface area contributed by atoms with Crippen molar-refractivity contribution in [3.05, 3.63) is 38.9 Å². The van der Waals surface area contributed by atoms with Crippen molar-refractivity contribution in [3.8, 4) is 0 Å². The van der Waals surface area contributed by atoms with Crippen molar-refractivity contribution in [2.75, 3.05) is 13.2 Å². The lowest BCUT2D eigenvalue weighted by Crippen LogP contribution is -2.37. The number of nitrogens with zero attached hydrogens (tertiary/aromatic N) is 2. The van der Waals surface area contributed by atoms with E-state index in [9.17, 15) is 20.0 Å². The molecule has 0 saturated carbocycles. The topological polar surface area (TPSA) is 83.7 Å². The molecule has 1 N–H and O–H groups in total. The first-order valence-electron chi connectivity index (χ1n) is 5.90. The molecule has 1 saturated heterocycles. The number of hydrogen-bond donors (Lipinski definition) is 1. The summed E-state index contributed by atoms with van der Waals surface area (Å²) in [5.41, 5.74) is 0.0781. The minimum absolute atomic E-state index is 0.0596. The van der Waals surface area contributed by atoms with Gasteiger partial charge in [-0.1, -0.05) is 11.6 Å². The van der Waals surface area contributed by atoms with E-state index in [2.05, 4.69) is 0 Å². The first-order chi connectivity index (χ1) is 9.04. The van der Waals surface area contributed by atoms with Gasteiger partial charge in [0.05, 0.1) is 17.6 Å². The van der Waals surface area contributed by atoms with Gasteiger partial charge in [-0.15, -0.1) is 0 Å². The van der Waals surface area contributed by atoms with Crippen molar-refractivity contribution < 1.29 is 14.8 Å². The lowest BCUT2D eigenvalue weighted by atomic mass is 10.1. The Hall–Kier alpha value is -1.66. The number of rotatable bonds is 3. The smallest absolute Gasteiger partial charge is 0.287 e. The number of amides is 1. The van der Waals surface area contributed by atoms with Crippen LogP contribution in [0.4, 0.5) is 5.69 Å². The summed E-state index contributed by atoms with van der Waals surface area (Å²) in [5, 5.41) is 19.8. The van der Waals surface area contributed by atoms with E-state index in [1.807, 2.05) is 0 Å². The second kappa shape index (κ2) is 5.54. The van der Waals surface area contributed by atoms with Crippen LogP contribution in [0.2, 0.25) is 5.02 Å². The van der Waals surface area contributed by atoms with E-state index in [4.69, 9.17) is 11.6 Å².